The fourth-order valence-corrected chi connectivity index (χ4v) is 11.6. The van der Waals surface area contributed by atoms with Crippen LogP contribution in [0.5, 0.6) is 0 Å². The highest BCUT2D eigenvalue weighted by Gasteiger charge is 2.60. The molecule has 14 N–H and O–H groups in total. The van der Waals surface area contributed by atoms with Gasteiger partial charge < -0.3 is 100 Å². The average Bonchev–Trinajstić information content (AvgIpc) is 2.74. The Morgan fingerprint density at radius 3 is 1.57 bits per heavy atom. The van der Waals surface area contributed by atoms with Crippen LogP contribution in [0.25, 0.3) is 0 Å². The summed E-state index contributed by atoms with van der Waals surface area (Å²) < 4.78 is 34.8. The molecule has 2 amide bonds. The van der Waals surface area contributed by atoms with Crippen molar-refractivity contribution in [3.8, 4) is 0 Å². The summed E-state index contributed by atoms with van der Waals surface area (Å²) in [5.41, 5.74) is 0. The van der Waals surface area contributed by atoms with Crippen molar-refractivity contribution in [1.29, 1.82) is 0 Å². The molecular formula is C63H116N2O21. The van der Waals surface area contributed by atoms with E-state index < -0.39 is 148 Å². The van der Waals surface area contributed by atoms with Crippen LogP contribution >= 0.6 is 0 Å². The molecule has 0 aliphatic carbocycles. The molecule has 0 aromatic rings. The standard InChI is InChI=1S/C63H116N2O21/c1-4-6-8-10-12-14-16-18-19-20-21-22-23-25-27-29-31-33-35-37-50(73)65-44(45(70)36-34-32-30-28-26-24-17-15-13-11-9-7-5-2)42-81-60-55(77)54(76)57(49(41-68)83-60)84-61-56(78)59(53(75)48(40-67)82-61)86-63(62(79)80)38-46(71)51(64-43(3)69)58(85-63)52(74)47(72)39-66/h20-21,44-49,51-61,66-68,70-72,74-78H,4-19,22-42H2,1-3H3,(H,64,69)(H,65,73)(H,79,80)/b21-20-. The topological polar surface area (TPSA) is 373 Å². The summed E-state index contributed by atoms with van der Waals surface area (Å²) in [5.74, 6) is -6.10. The fourth-order valence-electron chi connectivity index (χ4n) is 11.6. The van der Waals surface area contributed by atoms with Crippen LogP contribution in [-0.2, 0) is 42.8 Å². The molecule has 0 aromatic heterocycles. The summed E-state index contributed by atoms with van der Waals surface area (Å²) >= 11 is 0. The highest BCUT2D eigenvalue weighted by atomic mass is 16.8. The number of ether oxygens (including phenoxy) is 6. The van der Waals surface area contributed by atoms with Gasteiger partial charge in [-0.25, -0.2) is 4.79 Å². The molecule has 3 saturated heterocycles. The van der Waals surface area contributed by atoms with Crippen LogP contribution in [0, 0.1) is 0 Å². The lowest BCUT2D eigenvalue weighted by Gasteiger charge is -2.50. The summed E-state index contributed by atoms with van der Waals surface area (Å²) in [4.78, 5) is 38.5. The second-order valence-corrected chi connectivity index (χ2v) is 24.3. The fraction of sp³-hybridized carbons (Fsp3) is 0.921. The minimum atomic E-state index is -3.08. The van der Waals surface area contributed by atoms with Gasteiger partial charge in [0.15, 0.2) is 12.6 Å². The first-order valence-corrected chi connectivity index (χ1v) is 33.0. The van der Waals surface area contributed by atoms with Crippen molar-refractivity contribution in [1.82, 2.24) is 10.6 Å². The molecule has 18 unspecified atom stereocenters. The van der Waals surface area contributed by atoms with Crippen molar-refractivity contribution in [3.05, 3.63) is 12.2 Å². The molecule has 0 aromatic carbocycles. The van der Waals surface area contributed by atoms with Crippen molar-refractivity contribution >= 4 is 17.8 Å². The summed E-state index contributed by atoms with van der Waals surface area (Å²) in [6.45, 7) is 2.18. The minimum Gasteiger partial charge on any atom is -0.477 e. The zero-order valence-corrected chi connectivity index (χ0v) is 52.2. The second kappa shape index (κ2) is 44.9. The molecule has 504 valence electrons. The Balaban J connectivity index is 1.61. The maximum atomic E-state index is 13.4. The number of aliphatic hydroxyl groups excluding tert-OH is 11. The van der Waals surface area contributed by atoms with E-state index in [9.17, 15) is 75.7 Å². The number of hydrogen-bond donors (Lipinski definition) is 14. The molecule has 3 rings (SSSR count). The van der Waals surface area contributed by atoms with E-state index in [4.69, 9.17) is 28.4 Å². The van der Waals surface area contributed by atoms with Gasteiger partial charge in [0.1, 0.15) is 67.1 Å². The SMILES string of the molecule is CCCCCCCCCC/C=C\CCCCCCCCCC(=O)NC(COC1OC(CO)C(OC2OC(CO)C(O)C(OC3(C(=O)O)CC(O)C(NC(C)=O)C(C(O)C(O)CO)O3)C2O)C(O)C1O)C(O)CCCCCCCCCCCCCCC. The Hall–Kier alpha value is -2.53. The Morgan fingerprint density at radius 1 is 0.593 bits per heavy atom. The smallest absolute Gasteiger partial charge is 0.364 e. The normalized spacial score (nSPS) is 29.4. The van der Waals surface area contributed by atoms with Gasteiger partial charge in [-0.15, -0.1) is 0 Å². The number of aliphatic hydroxyl groups is 11. The Labute approximate surface area is 511 Å². The zero-order chi connectivity index (χ0) is 63.3. The molecule has 18 atom stereocenters. The number of allylic oxidation sites excluding steroid dienone is 2. The van der Waals surface area contributed by atoms with E-state index in [0.717, 1.165) is 84.0 Å². The van der Waals surface area contributed by atoms with Gasteiger partial charge in [0, 0.05) is 19.8 Å². The number of rotatable bonds is 49. The van der Waals surface area contributed by atoms with E-state index in [2.05, 4.69) is 36.6 Å². The first-order valence-electron chi connectivity index (χ1n) is 33.0. The van der Waals surface area contributed by atoms with Gasteiger partial charge in [-0.3, -0.25) is 9.59 Å². The minimum absolute atomic E-state index is 0.220. The Morgan fingerprint density at radius 2 is 1.08 bits per heavy atom. The number of aliphatic carboxylic acids is 1. The quantitative estimate of drug-likeness (QED) is 0.0289. The van der Waals surface area contributed by atoms with E-state index >= 15 is 0 Å². The van der Waals surface area contributed by atoms with Crippen molar-refractivity contribution < 1.29 is 104 Å². The maximum Gasteiger partial charge on any atom is 0.364 e. The molecular weight excluding hydrogens is 1120 g/mol. The Bertz CT molecular complexity index is 1810. The summed E-state index contributed by atoms with van der Waals surface area (Å²) in [5, 5.41) is 136. The number of carbonyl (C=O) groups is 3. The number of hydrogen-bond acceptors (Lipinski definition) is 20. The number of carboxylic acid groups (broad SMARTS) is 1. The molecule has 3 heterocycles. The lowest BCUT2D eigenvalue weighted by Crippen LogP contribution is -2.70. The Kier molecular flexibility index (Phi) is 40.5. The lowest BCUT2D eigenvalue weighted by molar-refractivity contribution is -0.386. The van der Waals surface area contributed by atoms with Crippen molar-refractivity contribution in [2.24, 2.45) is 0 Å². The van der Waals surface area contributed by atoms with Crippen LogP contribution in [0.1, 0.15) is 233 Å². The number of carbonyl (C=O) groups excluding carboxylic acids is 2. The largest absolute Gasteiger partial charge is 0.477 e. The summed E-state index contributed by atoms with van der Waals surface area (Å²) in [6, 6.07) is -2.53. The zero-order valence-electron chi connectivity index (χ0n) is 52.2. The molecule has 3 aliphatic rings. The van der Waals surface area contributed by atoms with Crippen LogP contribution < -0.4 is 10.6 Å². The molecule has 23 nitrogen and oxygen atoms in total. The lowest BCUT2D eigenvalue weighted by atomic mass is 9.88. The van der Waals surface area contributed by atoms with Crippen LogP contribution in [0.15, 0.2) is 12.2 Å². The number of amides is 2. The van der Waals surface area contributed by atoms with Gasteiger partial charge in [-0.1, -0.05) is 187 Å². The third-order valence-electron chi connectivity index (χ3n) is 17.0. The van der Waals surface area contributed by atoms with Gasteiger partial charge in [-0.05, 0) is 38.5 Å². The first-order chi connectivity index (χ1) is 41.4. The van der Waals surface area contributed by atoms with E-state index in [-0.39, 0.29) is 18.9 Å². The van der Waals surface area contributed by atoms with Crippen molar-refractivity contribution in [2.45, 2.75) is 342 Å². The van der Waals surface area contributed by atoms with Gasteiger partial charge in [0.2, 0.25) is 11.8 Å². The second-order valence-electron chi connectivity index (χ2n) is 24.3. The molecule has 3 fully saturated rings. The van der Waals surface area contributed by atoms with Crippen molar-refractivity contribution in [3.63, 3.8) is 0 Å². The molecule has 86 heavy (non-hydrogen) atoms. The summed E-state index contributed by atoms with van der Waals surface area (Å²) in [6.07, 6.45) is 10.8. The third kappa shape index (κ3) is 27.9. The molecule has 0 saturated carbocycles. The number of unbranched alkanes of at least 4 members (excludes halogenated alkanes) is 27. The third-order valence-corrected chi connectivity index (χ3v) is 17.0. The van der Waals surface area contributed by atoms with Crippen LogP contribution in [0.2, 0.25) is 0 Å². The molecule has 0 spiro atoms. The van der Waals surface area contributed by atoms with E-state index in [1.165, 1.54) is 103 Å². The van der Waals surface area contributed by atoms with Gasteiger partial charge in [0.25, 0.3) is 5.79 Å². The van der Waals surface area contributed by atoms with Gasteiger partial charge in [-0.2, -0.15) is 0 Å². The average molecular weight is 1240 g/mol. The highest BCUT2D eigenvalue weighted by Crippen LogP contribution is 2.39. The van der Waals surface area contributed by atoms with Crippen LogP contribution in [0.3, 0.4) is 0 Å². The molecule has 23 heteroatoms. The highest BCUT2D eigenvalue weighted by molar-refractivity contribution is 5.77. The van der Waals surface area contributed by atoms with E-state index in [0.29, 0.717) is 19.3 Å². The van der Waals surface area contributed by atoms with Gasteiger partial charge in [0.05, 0.1) is 50.7 Å². The molecule has 3 aliphatic heterocycles. The van der Waals surface area contributed by atoms with Crippen molar-refractivity contribution in [2.75, 3.05) is 26.4 Å². The first kappa shape index (κ1) is 77.7. The number of carboxylic acids is 1. The van der Waals surface area contributed by atoms with E-state index in [1.54, 1.807) is 0 Å². The maximum absolute atomic E-state index is 13.4. The van der Waals surface area contributed by atoms with Gasteiger partial charge >= 0.3 is 5.97 Å². The summed E-state index contributed by atoms with van der Waals surface area (Å²) in [7, 11) is 0. The predicted octanol–water partition coefficient (Wildman–Crippen LogP) is 4.73. The van der Waals surface area contributed by atoms with E-state index in [1.807, 2.05) is 0 Å². The monoisotopic (exact) mass is 1240 g/mol. The van der Waals surface area contributed by atoms with Crippen LogP contribution in [-0.4, -0.2) is 215 Å². The predicted molar refractivity (Wildman–Crippen MR) is 320 cm³/mol. The van der Waals surface area contributed by atoms with Crippen LogP contribution in [0.4, 0.5) is 0 Å². The molecule has 0 radical (unpaired) electrons. The number of nitrogens with one attached hydrogen (secondary N) is 2. The molecule has 0 bridgehead atoms.